The highest BCUT2D eigenvalue weighted by Crippen LogP contribution is 2.47. The molecule has 1 unspecified atom stereocenters. The van der Waals surface area contributed by atoms with Crippen molar-refractivity contribution in [3.63, 3.8) is 0 Å². The molecule has 0 bridgehead atoms. The van der Waals surface area contributed by atoms with Crippen LogP contribution in [0.15, 0.2) is 121 Å². The van der Waals surface area contributed by atoms with Crippen LogP contribution in [0.25, 0.3) is 70.7 Å². The SMILES string of the molecule is C=CC(=O)Nc1ccc(-c2c(-c3cc4ccc(Cn5c(-c6ccc(NC(=O)C(=C)C)cc6)c(C6=CCC(c7nc(C)no7)CC6)c6c(N)ncnc65)cc4s3)c3c(C)ncnc3n2C)cc1. The first kappa shape index (κ1) is 41.9. The number of carbonyl (C=O) groups is 2. The van der Waals surface area contributed by atoms with E-state index < -0.39 is 0 Å². The minimum atomic E-state index is -0.269. The number of benzene rings is 3. The Kier molecular flexibility index (Phi) is 10.7. The molecule has 6 heterocycles. The third kappa shape index (κ3) is 7.52. The summed E-state index contributed by atoms with van der Waals surface area (Å²) in [5.74, 6) is 1.27. The van der Waals surface area contributed by atoms with Gasteiger partial charge in [-0.25, -0.2) is 19.9 Å². The van der Waals surface area contributed by atoms with Gasteiger partial charge in [-0.15, -0.1) is 11.3 Å². The maximum Gasteiger partial charge on any atom is 0.250 e. The summed E-state index contributed by atoms with van der Waals surface area (Å²) in [6, 6.07) is 24.5. The molecule has 6 aromatic heterocycles. The van der Waals surface area contributed by atoms with Crippen LogP contribution in [0, 0.1) is 13.8 Å². The highest BCUT2D eigenvalue weighted by molar-refractivity contribution is 7.22. The van der Waals surface area contributed by atoms with Crippen LogP contribution < -0.4 is 16.4 Å². The van der Waals surface area contributed by atoms with E-state index in [4.69, 9.17) is 20.2 Å². The molecule has 66 heavy (non-hydrogen) atoms. The lowest BCUT2D eigenvalue weighted by atomic mass is 9.85. The summed E-state index contributed by atoms with van der Waals surface area (Å²) in [6.07, 6.45) is 8.93. The number of hydrogen-bond donors (Lipinski definition) is 3. The van der Waals surface area contributed by atoms with Crippen molar-refractivity contribution in [3.05, 3.63) is 145 Å². The molecule has 0 saturated carbocycles. The molecule has 14 nitrogen and oxygen atoms in total. The lowest BCUT2D eigenvalue weighted by Crippen LogP contribution is -2.11. The van der Waals surface area contributed by atoms with Crippen LogP contribution in [0.4, 0.5) is 17.2 Å². The van der Waals surface area contributed by atoms with Gasteiger partial charge in [-0.05, 0) is 110 Å². The van der Waals surface area contributed by atoms with E-state index in [1.54, 1.807) is 24.6 Å². The quantitative estimate of drug-likeness (QED) is 0.106. The van der Waals surface area contributed by atoms with Crippen molar-refractivity contribution < 1.29 is 14.1 Å². The summed E-state index contributed by atoms with van der Waals surface area (Å²) in [6.45, 7) is 13.4. The number of nitrogen functional groups attached to an aromatic ring is 1. The predicted molar refractivity (Wildman–Crippen MR) is 262 cm³/mol. The van der Waals surface area contributed by atoms with Gasteiger partial charge in [0, 0.05) is 62.5 Å². The highest BCUT2D eigenvalue weighted by Gasteiger charge is 2.29. The first-order valence-electron chi connectivity index (χ1n) is 21.5. The Hall–Kier alpha value is -8.04. The van der Waals surface area contributed by atoms with E-state index >= 15 is 0 Å². The van der Waals surface area contributed by atoms with Crippen molar-refractivity contribution in [2.75, 3.05) is 16.4 Å². The number of nitrogens with two attached hydrogens (primary N) is 1. The van der Waals surface area contributed by atoms with Gasteiger partial charge in [0.2, 0.25) is 11.8 Å². The number of anilines is 3. The van der Waals surface area contributed by atoms with E-state index in [0.29, 0.717) is 41.0 Å². The van der Waals surface area contributed by atoms with Gasteiger partial charge in [0.05, 0.1) is 22.5 Å². The molecule has 0 saturated heterocycles. The number of amides is 2. The number of fused-ring (bicyclic) bond motifs is 3. The zero-order valence-corrected chi connectivity index (χ0v) is 37.7. The minimum absolute atomic E-state index is 0.109. The molecule has 0 radical (unpaired) electrons. The summed E-state index contributed by atoms with van der Waals surface area (Å²) in [7, 11) is 2.03. The Balaban J connectivity index is 1.08. The van der Waals surface area contributed by atoms with Crippen molar-refractivity contribution in [1.29, 1.82) is 0 Å². The standard InChI is InChI=1S/C51H45N11O3S/c1-7-40(63)58-36-18-14-32(15-19-36)45-43(41-28(4)53-25-55-48(41)61(45)6)39-23-35-9-8-30(22-38(35)66-39)24-62-46(33-16-20-37(21-17-33)59-50(64)27(2)3)42(44-47(52)54-26-56-49(44)62)31-10-12-34(13-11-31)51-57-29(5)60-65-51/h7-10,14-23,25-26,34H,1-2,11-13,24H2,3-6H3,(H,58,63)(H,59,64)(H2,52,54,56). The first-order valence-corrected chi connectivity index (χ1v) is 22.3. The molecule has 4 N–H and O–H groups in total. The minimum Gasteiger partial charge on any atom is -0.383 e. The molecule has 3 aromatic carbocycles. The van der Waals surface area contributed by atoms with E-state index in [9.17, 15) is 9.59 Å². The number of thiophene rings is 1. The van der Waals surface area contributed by atoms with Crippen molar-refractivity contribution in [2.24, 2.45) is 7.05 Å². The van der Waals surface area contributed by atoms with Gasteiger partial charge in [0.15, 0.2) is 5.82 Å². The number of nitrogens with zero attached hydrogens (tertiary/aromatic N) is 8. The normalized spacial score (nSPS) is 13.9. The van der Waals surface area contributed by atoms with Crippen molar-refractivity contribution in [1.82, 2.24) is 39.2 Å². The van der Waals surface area contributed by atoms with Crippen LogP contribution in [0.1, 0.15) is 60.6 Å². The molecule has 0 fully saturated rings. The zero-order chi connectivity index (χ0) is 45.8. The molecular weight excluding hydrogens is 847 g/mol. The van der Waals surface area contributed by atoms with Crippen LogP contribution in [0.5, 0.6) is 0 Å². The van der Waals surface area contributed by atoms with Crippen molar-refractivity contribution >= 4 is 78.1 Å². The third-order valence-electron chi connectivity index (χ3n) is 12.2. The average molecular weight is 892 g/mol. The molecule has 9 aromatic rings. The largest absolute Gasteiger partial charge is 0.383 e. The summed E-state index contributed by atoms with van der Waals surface area (Å²) in [4.78, 5) is 49.0. The summed E-state index contributed by atoms with van der Waals surface area (Å²) in [5.41, 5.74) is 19.1. The molecule has 1 atom stereocenters. The van der Waals surface area contributed by atoms with E-state index in [2.05, 4.69) is 83.4 Å². The molecule has 328 valence electrons. The molecule has 2 amide bonds. The summed E-state index contributed by atoms with van der Waals surface area (Å²) in [5, 5.41) is 12.7. The van der Waals surface area contributed by atoms with Crippen LogP contribution in [0.3, 0.4) is 0 Å². The molecule has 0 aliphatic heterocycles. The fraction of sp³-hybridized carbons (Fsp3) is 0.176. The third-order valence-corrected chi connectivity index (χ3v) is 13.4. The smallest absolute Gasteiger partial charge is 0.250 e. The lowest BCUT2D eigenvalue weighted by molar-refractivity contribution is -0.113. The topological polar surface area (TPSA) is 185 Å². The second kappa shape index (κ2) is 16.8. The van der Waals surface area contributed by atoms with E-state index in [-0.39, 0.29) is 17.7 Å². The number of hydrogen-bond acceptors (Lipinski definition) is 11. The first-order chi connectivity index (χ1) is 31.9. The molecule has 10 rings (SSSR count). The molecule has 1 aliphatic carbocycles. The van der Waals surface area contributed by atoms with Crippen molar-refractivity contribution in [3.8, 4) is 33.0 Å². The van der Waals surface area contributed by atoms with E-state index in [1.165, 1.54) is 12.4 Å². The maximum atomic E-state index is 12.6. The number of rotatable bonds is 11. The number of allylic oxidation sites excluding steroid dienone is 2. The van der Waals surface area contributed by atoms with E-state index in [0.717, 1.165) is 107 Å². The van der Waals surface area contributed by atoms with Crippen molar-refractivity contribution in [2.45, 2.75) is 52.5 Å². The number of carbonyl (C=O) groups excluding carboxylic acids is 2. The Labute approximate surface area is 383 Å². The summed E-state index contributed by atoms with van der Waals surface area (Å²) < 4.78 is 11.1. The van der Waals surface area contributed by atoms with Crippen LogP contribution in [-0.4, -0.2) is 51.0 Å². The van der Waals surface area contributed by atoms with E-state index in [1.807, 2.05) is 69.4 Å². The fourth-order valence-electron chi connectivity index (χ4n) is 9.04. The molecular formula is C51H45N11O3S. The average Bonchev–Trinajstić information content (AvgIpc) is 4.10. The lowest BCUT2D eigenvalue weighted by Gasteiger charge is -2.21. The Morgan fingerprint density at radius 2 is 1.61 bits per heavy atom. The predicted octanol–water partition coefficient (Wildman–Crippen LogP) is 10.5. The molecule has 0 spiro atoms. The second-order valence-electron chi connectivity index (χ2n) is 16.7. The summed E-state index contributed by atoms with van der Waals surface area (Å²) >= 11 is 1.72. The molecule has 1 aliphatic rings. The Bertz CT molecular complexity index is 3460. The number of aryl methyl sites for hydroxylation is 3. The molecule has 15 heteroatoms. The van der Waals surface area contributed by atoms with Gasteiger partial charge in [0.25, 0.3) is 5.91 Å². The fourth-order valence-corrected chi connectivity index (χ4v) is 10.2. The maximum absolute atomic E-state index is 12.6. The van der Waals surface area contributed by atoms with Gasteiger partial charge in [0.1, 0.15) is 29.8 Å². The highest BCUT2D eigenvalue weighted by atomic mass is 32.1. The monoisotopic (exact) mass is 891 g/mol. The van der Waals surface area contributed by atoms with Gasteiger partial charge < -0.3 is 30.0 Å². The van der Waals surface area contributed by atoms with Gasteiger partial charge >= 0.3 is 0 Å². The second-order valence-corrected chi connectivity index (χ2v) is 17.7. The number of nitrogens with one attached hydrogen (secondary N) is 2. The zero-order valence-electron chi connectivity index (χ0n) is 36.8. The Morgan fingerprint density at radius 1 is 0.894 bits per heavy atom. The number of aromatic nitrogens is 8. The van der Waals surface area contributed by atoms with Crippen LogP contribution >= 0.6 is 11.3 Å². The van der Waals surface area contributed by atoms with Gasteiger partial charge in [-0.3, -0.25) is 9.59 Å². The van der Waals surface area contributed by atoms with Crippen LogP contribution in [-0.2, 0) is 23.2 Å². The Morgan fingerprint density at radius 3 is 2.29 bits per heavy atom. The van der Waals surface area contributed by atoms with Gasteiger partial charge in [-0.2, -0.15) is 4.98 Å². The van der Waals surface area contributed by atoms with Crippen LogP contribution in [0.2, 0.25) is 0 Å². The van der Waals surface area contributed by atoms with Gasteiger partial charge in [-0.1, -0.05) is 60.8 Å².